The Bertz CT molecular complexity index is 198. The summed E-state index contributed by atoms with van der Waals surface area (Å²) in [4.78, 5) is 0. The Kier molecular flexibility index (Phi) is 5.60. The molecule has 96 valence electrons. The number of aliphatic hydroxyl groups is 1. The van der Waals surface area contributed by atoms with E-state index in [0.29, 0.717) is 6.61 Å². The van der Waals surface area contributed by atoms with Crippen LogP contribution in [0, 0.1) is 0 Å². The molecule has 0 aliphatic carbocycles. The van der Waals surface area contributed by atoms with Gasteiger partial charge in [-0.05, 0) is 0 Å². The third-order valence-electron chi connectivity index (χ3n) is 2.72. The molecule has 5 atom stereocenters. The average molecular weight is 236 g/mol. The van der Waals surface area contributed by atoms with Crippen molar-refractivity contribution in [3.63, 3.8) is 0 Å². The maximum Gasteiger partial charge on any atom is 0.186 e. The minimum Gasteiger partial charge on any atom is -0.387 e. The summed E-state index contributed by atoms with van der Waals surface area (Å²) in [5.74, 6) is 0. The predicted molar refractivity (Wildman–Crippen MR) is 55.1 cm³/mol. The van der Waals surface area contributed by atoms with Crippen molar-refractivity contribution in [1.29, 1.82) is 0 Å². The van der Waals surface area contributed by atoms with E-state index in [1.807, 2.05) is 0 Å². The molecule has 6 heteroatoms. The summed E-state index contributed by atoms with van der Waals surface area (Å²) in [5, 5.41) is 10.1. The average Bonchev–Trinajstić information content (AvgIpc) is 2.29. The van der Waals surface area contributed by atoms with E-state index in [0.717, 1.165) is 0 Å². The highest BCUT2D eigenvalue weighted by molar-refractivity contribution is 4.90. The fraction of sp³-hybridized carbons (Fsp3) is 1.00. The molecule has 16 heavy (non-hydrogen) atoms. The van der Waals surface area contributed by atoms with Crippen molar-refractivity contribution in [1.82, 2.24) is 0 Å². The predicted octanol–water partition coefficient (Wildman–Crippen LogP) is -0.605. The van der Waals surface area contributed by atoms with Gasteiger partial charge in [-0.1, -0.05) is 0 Å². The lowest BCUT2D eigenvalue weighted by Crippen LogP contribution is -2.60. The largest absolute Gasteiger partial charge is 0.387 e. The second kappa shape index (κ2) is 6.48. The molecule has 1 saturated heterocycles. The van der Waals surface area contributed by atoms with Crippen LogP contribution >= 0.6 is 0 Å². The zero-order valence-corrected chi connectivity index (χ0v) is 10.1. The SMILES string of the molecule is COCC1OC(OC)C(OC)C(O)C1OC. The van der Waals surface area contributed by atoms with Crippen LogP contribution in [0.3, 0.4) is 0 Å². The summed E-state index contributed by atoms with van der Waals surface area (Å²) in [5.41, 5.74) is 0. The monoisotopic (exact) mass is 236 g/mol. The van der Waals surface area contributed by atoms with Gasteiger partial charge < -0.3 is 28.8 Å². The van der Waals surface area contributed by atoms with Gasteiger partial charge in [0.15, 0.2) is 6.29 Å². The zero-order valence-electron chi connectivity index (χ0n) is 10.1. The van der Waals surface area contributed by atoms with E-state index < -0.39 is 24.6 Å². The van der Waals surface area contributed by atoms with Gasteiger partial charge in [-0.25, -0.2) is 0 Å². The van der Waals surface area contributed by atoms with Gasteiger partial charge in [-0.2, -0.15) is 0 Å². The summed E-state index contributed by atoms with van der Waals surface area (Å²) in [6.45, 7) is 0.325. The van der Waals surface area contributed by atoms with Gasteiger partial charge in [0.25, 0.3) is 0 Å². The summed E-state index contributed by atoms with van der Waals surface area (Å²) in [7, 11) is 6.07. The molecule has 1 heterocycles. The molecule has 0 amide bonds. The van der Waals surface area contributed by atoms with Crippen LogP contribution in [-0.4, -0.2) is 70.9 Å². The Balaban J connectivity index is 2.75. The minimum absolute atomic E-state index is 0.325. The molecule has 0 spiro atoms. The van der Waals surface area contributed by atoms with Gasteiger partial charge in [0.1, 0.15) is 24.4 Å². The van der Waals surface area contributed by atoms with Crippen molar-refractivity contribution in [2.75, 3.05) is 35.0 Å². The number of ether oxygens (including phenoxy) is 5. The zero-order chi connectivity index (χ0) is 12.1. The topological polar surface area (TPSA) is 66.4 Å². The molecule has 1 rings (SSSR count). The van der Waals surface area contributed by atoms with E-state index in [2.05, 4.69) is 0 Å². The standard InChI is InChI=1S/C10H20O6/c1-12-5-6-8(13-2)7(11)9(14-3)10(15-4)16-6/h6-11H,5H2,1-4H3. The summed E-state index contributed by atoms with van der Waals surface area (Å²) in [6, 6.07) is 0. The fourth-order valence-corrected chi connectivity index (χ4v) is 1.92. The molecular weight excluding hydrogens is 216 g/mol. The third kappa shape index (κ3) is 2.71. The maximum atomic E-state index is 10.1. The van der Waals surface area contributed by atoms with Gasteiger partial charge in [-0.3, -0.25) is 0 Å². The van der Waals surface area contributed by atoms with Crippen LogP contribution < -0.4 is 0 Å². The molecule has 1 N–H and O–H groups in total. The minimum atomic E-state index is -0.811. The second-order valence-corrected chi connectivity index (χ2v) is 3.63. The Hall–Kier alpha value is -0.240. The maximum absolute atomic E-state index is 10.1. The summed E-state index contributed by atoms with van der Waals surface area (Å²) >= 11 is 0. The highest BCUT2D eigenvalue weighted by Gasteiger charge is 2.46. The molecular formula is C10H20O6. The van der Waals surface area contributed by atoms with Crippen molar-refractivity contribution in [2.45, 2.75) is 30.7 Å². The number of aliphatic hydroxyl groups excluding tert-OH is 1. The van der Waals surface area contributed by atoms with E-state index in [4.69, 9.17) is 23.7 Å². The van der Waals surface area contributed by atoms with Gasteiger partial charge in [0.2, 0.25) is 0 Å². The van der Waals surface area contributed by atoms with Crippen LogP contribution in [-0.2, 0) is 23.7 Å². The molecule has 0 aromatic rings. The first-order chi connectivity index (χ1) is 7.69. The lowest BCUT2D eigenvalue weighted by molar-refractivity contribution is -0.303. The van der Waals surface area contributed by atoms with Gasteiger partial charge in [-0.15, -0.1) is 0 Å². The first kappa shape index (κ1) is 13.8. The smallest absolute Gasteiger partial charge is 0.186 e. The number of rotatable bonds is 5. The molecule has 1 aliphatic rings. The van der Waals surface area contributed by atoms with Crippen LogP contribution in [0.2, 0.25) is 0 Å². The van der Waals surface area contributed by atoms with Crippen LogP contribution in [0.25, 0.3) is 0 Å². The Morgan fingerprint density at radius 2 is 1.62 bits per heavy atom. The first-order valence-corrected chi connectivity index (χ1v) is 5.10. The van der Waals surface area contributed by atoms with Crippen molar-refractivity contribution in [3.05, 3.63) is 0 Å². The molecule has 5 unspecified atom stereocenters. The van der Waals surface area contributed by atoms with Gasteiger partial charge in [0.05, 0.1) is 6.61 Å². The summed E-state index contributed by atoms with van der Waals surface area (Å²) in [6.07, 6.45) is -2.86. The molecule has 0 aromatic carbocycles. The van der Waals surface area contributed by atoms with Crippen molar-refractivity contribution >= 4 is 0 Å². The van der Waals surface area contributed by atoms with Crippen LogP contribution in [0.5, 0.6) is 0 Å². The Morgan fingerprint density at radius 1 is 1.00 bits per heavy atom. The van der Waals surface area contributed by atoms with Crippen LogP contribution in [0.15, 0.2) is 0 Å². The molecule has 1 fully saturated rings. The lowest BCUT2D eigenvalue weighted by atomic mass is 9.99. The van der Waals surface area contributed by atoms with Crippen LogP contribution in [0.4, 0.5) is 0 Å². The first-order valence-electron chi connectivity index (χ1n) is 5.10. The van der Waals surface area contributed by atoms with E-state index in [9.17, 15) is 5.11 Å². The normalized spacial score (nSPS) is 39.9. The van der Waals surface area contributed by atoms with Crippen molar-refractivity contribution in [2.24, 2.45) is 0 Å². The molecule has 0 aromatic heterocycles. The quantitative estimate of drug-likeness (QED) is 0.687. The molecule has 0 radical (unpaired) electrons. The highest BCUT2D eigenvalue weighted by Crippen LogP contribution is 2.25. The third-order valence-corrected chi connectivity index (χ3v) is 2.72. The van der Waals surface area contributed by atoms with E-state index in [1.165, 1.54) is 21.3 Å². The van der Waals surface area contributed by atoms with Crippen molar-refractivity contribution < 1.29 is 28.8 Å². The number of hydrogen-bond donors (Lipinski definition) is 1. The van der Waals surface area contributed by atoms with E-state index in [-0.39, 0.29) is 6.10 Å². The Morgan fingerprint density at radius 3 is 2.06 bits per heavy atom. The second-order valence-electron chi connectivity index (χ2n) is 3.63. The van der Waals surface area contributed by atoms with Gasteiger partial charge in [0, 0.05) is 28.4 Å². The lowest BCUT2D eigenvalue weighted by Gasteiger charge is -2.42. The fourth-order valence-electron chi connectivity index (χ4n) is 1.92. The number of hydrogen-bond acceptors (Lipinski definition) is 6. The van der Waals surface area contributed by atoms with Crippen molar-refractivity contribution in [3.8, 4) is 0 Å². The molecule has 0 saturated carbocycles. The molecule has 1 aliphatic heterocycles. The highest BCUT2D eigenvalue weighted by atomic mass is 16.7. The number of methoxy groups -OCH3 is 4. The van der Waals surface area contributed by atoms with E-state index >= 15 is 0 Å². The molecule has 0 bridgehead atoms. The van der Waals surface area contributed by atoms with E-state index in [1.54, 1.807) is 7.11 Å². The Labute approximate surface area is 95.4 Å². The van der Waals surface area contributed by atoms with Gasteiger partial charge >= 0.3 is 0 Å². The van der Waals surface area contributed by atoms with Crippen LogP contribution in [0.1, 0.15) is 0 Å². The summed E-state index contributed by atoms with van der Waals surface area (Å²) < 4.78 is 26.1. The molecule has 6 nitrogen and oxygen atoms in total.